The van der Waals surface area contributed by atoms with Crippen molar-refractivity contribution in [2.45, 2.75) is 43.2 Å². The van der Waals surface area contributed by atoms with Crippen LogP contribution in [0.3, 0.4) is 0 Å². The summed E-state index contributed by atoms with van der Waals surface area (Å²) in [6.07, 6.45) is 1.86. The first kappa shape index (κ1) is 16.4. The molecule has 0 aliphatic heterocycles. The average molecular weight is 312 g/mol. The predicted molar refractivity (Wildman–Crippen MR) is 82.2 cm³/mol. The predicted octanol–water partition coefficient (Wildman–Crippen LogP) is 1.49. The van der Waals surface area contributed by atoms with E-state index in [4.69, 9.17) is 5.73 Å². The van der Waals surface area contributed by atoms with Crippen molar-refractivity contribution in [3.63, 3.8) is 0 Å². The van der Waals surface area contributed by atoms with Gasteiger partial charge in [-0.2, -0.15) is 0 Å². The van der Waals surface area contributed by atoms with Crippen molar-refractivity contribution in [2.75, 3.05) is 13.6 Å². The number of nitrogens with two attached hydrogens (primary N) is 1. The summed E-state index contributed by atoms with van der Waals surface area (Å²) in [6, 6.07) is 6.71. The van der Waals surface area contributed by atoms with Crippen LogP contribution in [0.2, 0.25) is 0 Å². The summed E-state index contributed by atoms with van der Waals surface area (Å²) < 4.78 is 26.5. The summed E-state index contributed by atoms with van der Waals surface area (Å²) in [7, 11) is -1.91. The highest BCUT2D eigenvalue weighted by Crippen LogP contribution is 2.29. The van der Waals surface area contributed by atoms with Crippen LogP contribution in [0.25, 0.3) is 0 Å². The van der Waals surface area contributed by atoms with Crippen molar-refractivity contribution >= 4 is 10.0 Å². The van der Waals surface area contributed by atoms with Crippen LogP contribution >= 0.6 is 0 Å². The molecule has 1 saturated carbocycles. The lowest BCUT2D eigenvalue weighted by molar-refractivity contribution is 0.0367. The summed E-state index contributed by atoms with van der Waals surface area (Å²) >= 11 is 0. The maximum Gasteiger partial charge on any atom is 0.242 e. The van der Waals surface area contributed by atoms with Gasteiger partial charge in [0.2, 0.25) is 10.0 Å². The maximum absolute atomic E-state index is 12.6. The number of hydrogen-bond acceptors (Lipinski definition) is 4. The van der Waals surface area contributed by atoms with E-state index in [9.17, 15) is 13.5 Å². The van der Waals surface area contributed by atoms with Crippen LogP contribution in [0, 0.1) is 5.92 Å². The second-order valence-corrected chi connectivity index (χ2v) is 7.91. The standard InChI is InChI=1S/C15H24N2O3S/c1-3-15(16)12-5-4-6-14(9-12)21(19,20)17(2)10-11-7-13(18)8-11/h4-6,9,11,13,15,18H,3,7-8,10,16H2,1-2H3. The smallest absolute Gasteiger partial charge is 0.242 e. The number of rotatable bonds is 6. The van der Waals surface area contributed by atoms with Crippen molar-refractivity contribution < 1.29 is 13.5 Å². The van der Waals surface area contributed by atoms with Gasteiger partial charge in [0.1, 0.15) is 0 Å². The third kappa shape index (κ3) is 3.63. The number of nitrogens with zero attached hydrogens (tertiary/aromatic N) is 1. The third-order valence-corrected chi connectivity index (χ3v) is 5.98. The molecule has 1 aliphatic rings. The number of hydrogen-bond donors (Lipinski definition) is 2. The Kier molecular flexibility index (Phi) is 5.03. The van der Waals surface area contributed by atoms with Crippen LogP contribution in [0.15, 0.2) is 29.2 Å². The number of benzene rings is 1. The molecule has 0 aromatic heterocycles. The monoisotopic (exact) mass is 312 g/mol. The molecule has 0 amide bonds. The lowest BCUT2D eigenvalue weighted by Gasteiger charge is -2.34. The molecule has 5 nitrogen and oxygen atoms in total. The summed E-state index contributed by atoms with van der Waals surface area (Å²) in [6.45, 7) is 2.42. The molecule has 0 radical (unpaired) electrons. The molecule has 1 aliphatic carbocycles. The van der Waals surface area contributed by atoms with E-state index in [1.807, 2.05) is 13.0 Å². The zero-order chi connectivity index (χ0) is 15.6. The topological polar surface area (TPSA) is 83.6 Å². The first-order chi connectivity index (χ1) is 9.84. The summed E-state index contributed by atoms with van der Waals surface area (Å²) in [4.78, 5) is 0.284. The maximum atomic E-state index is 12.6. The van der Waals surface area contributed by atoms with Crippen LogP contribution in [0.5, 0.6) is 0 Å². The highest BCUT2D eigenvalue weighted by atomic mass is 32.2. The van der Waals surface area contributed by atoms with Gasteiger partial charge in [0.15, 0.2) is 0 Å². The van der Waals surface area contributed by atoms with E-state index in [1.165, 1.54) is 4.31 Å². The molecule has 6 heteroatoms. The highest BCUT2D eigenvalue weighted by Gasteiger charge is 2.31. The second-order valence-electron chi connectivity index (χ2n) is 5.86. The van der Waals surface area contributed by atoms with E-state index in [0.717, 1.165) is 12.0 Å². The van der Waals surface area contributed by atoms with Gasteiger partial charge in [0.25, 0.3) is 0 Å². The summed E-state index contributed by atoms with van der Waals surface area (Å²) in [5, 5.41) is 9.29. The van der Waals surface area contributed by atoms with Gasteiger partial charge >= 0.3 is 0 Å². The van der Waals surface area contributed by atoms with Crippen molar-refractivity contribution in [1.82, 2.24) is 4.31 Å². The van der Waals surface area contributed by atoms with E-state index in [2.05, 4.69) is 0 Å². The number of sulfonamides is 1. The van der Waals surface area contributed by atoms with Crippen molar-refractivity contribution in [1.29, 1.82) is 0 Å². The quantitative estimate of drug-likeness (QED) is 0.833. The Morgan fingerprint density at radius 1 is 1.43 bits per heavy atom. The molecule has 3 N–H and O–H groups in total. The van der Waals surface area contributed by atoms with Gasteiger partial charge in [-0.3, -0.25) is 0 Å². The fourth-order valence-electron chi connectivity index (χ4n) is 2.63. The van der Waals surface area contributed by atoms with Crippen LogP contribution < -0.4 is 5.73 Å². The fourth-order valence-corrected chi connectivity index (χ4v) is 3.94. The molecule has 1 aromatic carbocycles. The first-order valence-electron chi connectivity index (χ1n) is 7.34. The number of aliphatic hydroxyl groups excluding tert-OH is 1. The molecule has 0 heterocycles. The van der Waals surface area contributed by atoms with Gasteiger partial charge in [-0.1, -0.05) is 19.1 Å². The van der Waals surface area contributed by atoms with E-state index in [0.29, 0.717) is 19.4 Å². The Morgan fingerprint density at radius 2 is 2.10 bits per heavy atom. The van der Waals surface area contributed by atoms with Crippen LogP contribution in [0.1, 0.15) is 37.8 Å². The van der Waals surface area contributed by atoms with Gasteiger partial charge in [-0.15, -0.1) is 0 Å². The first-order valence-corrected chi connectivity index (χ1v) is 8.78. The van der Waals surface area contributed by atoms with E-state index < -0.39 is 10.0 Å². The van der Waals surface area contributed by atoms with Gasteiger partial charge < -0.3 is 10.8 Å². The minimum Gasteiger partial charge on any atom is -0.393 e. The Labute approximate surface area is 126 Å². The minimum atomic E-state index is -3.50. The zero-order valence-electron chi connectivity index (χ0n) is 12.6. The molecular formula is C15H24N2O3S. The van der Waals surface area contributed by atoms with E-state index in [1.54, 1.807) is 25.2 Å². The second kappa shape index (κ2) is 6.44. The minimum absolute atomic E-state index is 0.146. The van der Waals surface area contributed by atoms with Crippen LogP contribution in [-0.4, -0.2) is 37.5 Å². The third-order valence-electron chi connectivity index (χ3n) is 4.16. The Bertz CT molecular complexity index is 582. The molecule has 1 fully saturated rings. The zero-order valence-corrected chi connectivity index (χ0v) is 13.4. The molecule has 0 saturated heterocycles. The summed E-state index contributed by atoms with van der Waals surface area (Å²) in [5.74, 6) is 0.251. The van der Waals surface area contributed by atoms with Gasteiger partial charge in [0, 0.05) is 19.6 Å². The SMILES string of the molecule is CCC(N)c1cccc(S(=O)(=O)N(C)CC2CC(O)C2)c1. The molecule has 21 heavy (non-hydrogen) atoms. The molecule has 0 spiro atoms. The van der Waals surface area contributed by atoms with Crippen molar-refractivity contribution in [2.24, 2.45) is 11.7 Å². The lowest BCUT2D eigenvalue weighted by Crippen LogP contribution is -2.39. The Hall–Kier alpha value is -0.950. The lowest BCUT2D eigenvalue weighted by atomic mass is 9.82. The average Bonchev–Trinajstić information content (AvgIpc) is 2.44. The largest absolute Gasteiger partial charge is 0.393 e. The van der Waals surface area contributed by atoms with E-state index in [-0.39, 0.29) is 23.0 Å². The molecule has 118 valence electrons. The Morgan fingerprint density at radius 3 is 2.67 bits per heavy atom. The fraction of sp³-hybridized carbons (Fsp3) is 0.600. The molecule has 0 bridgehead atoms. The van der Waals surface area contributed by atoms with Crippen molar-refractivity contribution in [3.05, 3.63) is 29.8 Å². The van der Waals surface area contributed by atoms with Gasteiger partial charge in [-0.25, -0.2) is 12.7 Å². The summed E-state index contributed by atoms with van der Waals surface area (Å²) in [5.41, 5.74) is 6.81. The van der Waals surface area contributed by atoms with Gasteiger partial charge in [-0.05, 0) is 42.9 Å². The molecule has 1 aromatic rings. The number of aliphatic hydroxyl groups is 1. The van der Waals surface area contributed by atoms with Crippen molar-refractivity contribution in [3.8, 4) is 0 Å². The Balaban J connectivity index is 2.14. The molecule has 1 atom stereocenters. The van der Waals surface area contributed by atoms with Crippen LogP contribution in [-0.2, 0) is 10.0 Å². The molecular weight excluding hydrogens is 288 g/mol. The van der Waals surface area contributed by atoms with E-state index >= 15 is 0 Å². The highest BCUT2D eigenvalue weighted by molar-refractivity contribution is 7.89. The normalized spacial score (nSPS) is 23.9. The molecule has 1 unspecified atom stereocenters. The van der Waals surface area contributed by atoms with Crippen LogP contribution in [0.4, 0.5) is 0 Å². The molecule has 2 rings (SSSR count). The van der Waals surface area contributed by atoms with Gasteiger partial charge in [0.05, 0.1) is 11.0 Å².